The largest absolute Gasteiger partial charge is 0.497 e. The molecule has 1 atom stereocenters. The van der Waals surface area contributed by atoms with Crippen molar-refractivity contribution >= 4 is 23.3 Å². The Labute approximate surface area is 207 Å². The third-order valence-electron chi connectivity index (χ3n) is 6.57. The van der Waals surface area contributed by atoms with Gasteiger partial charge < -0.3 is 29.9 Å². The van der Waals surface area contributed by atoms with Gasteiger partial charge in [-0.2, -0.15) is 0 Å². The van der Waals surface area contributed by atoms with Crippen LogP contribution in [-0.2, 0) is 4.79 Å². The molecule has 2 aliphatic heterocycles. The SMILES string of the molecule is COc1ccc(N2CCN(CCCNC(=O)NC3CC(=O)N(c4cccc(OC)c4)C3)CC2)cc1. The first kappa shape index (κ1) is 24.7. The van der Waals surface area contributed by atoms with Crippen molar-refractivity contribution in [3.05, 3.63) is 48.5 Å². The van der Waals surface area contributed by atoms with Gasteiger partial charge in [0, 0.05) is 63.1 Å². The van der Waals surface area contributed by atoms with Crippen LogP contribution in [0.2, 0.25) is 0 Å². The second-order valence-electron chi connectivity index (χ2n) is 8.89. The van der Waals surface area contributed by atoms with Gasteiger partial charge in [-0.3, -0.25) is 9.69 Å². The molecular formula is C26H35N5O4. The van der Waals surface area contributed by atoms with Crippen LogP contribution in [0, 0.1) is 0 Å². The summed E-state index contributed by atoms with van der Waals surface area (Å²) in [7, 11) is 3.28. The van der Waals surface area contributed by atoms with Crippen molar-refractivity contribution in [1.82, 2.24) is 15.5 Å². The maximum absolute atomic E-state index is 12.4. The maximum atomic E-state index is 12.4. The van der Waals surface area contributed by atoms with Crippen molar-refractivity contribution in [3.63, 3.8) is 0 Å². The van der Waals surface area contributed by atoms with Crippen LogP contribution < -0.4 is 29.9 Å². The summed E-state index contributed by atoms with van der Waals surface area (Å²) in [6, 6.07) is 15.2. The first-order chi connectivity index (χ1) is 17.1. The van der Waals surface area contributed by atoms with Crippen molar-refractivity contribution in [2.75, 3.05) is 69.8 Å². The molecule has 2 heterocycles. The Morgan fingerprint density at radius 2 is 1.71 bits per heavy atom. The molecule has 0 saturated carbocycles. The molecule has 2 aromatic rings. The second-order valence-corrected chi connectivity index (χ2v) is 8.89. The van der Waals surface area contributed by atoms with E-state index in [1.54, 1.807) is 19.1 Å². The molecule has 0 spiro atoms. The highest BCUT2D eigenvalue weighted by Crippen LogP contribution is 2.25. The van der Waals surface area contributed by atoms with Gasteiger partial charge in [-0.25, -0.2) is 4.79 Å². The number of ether oxygens (including phenoxy) is 2. The number of methoxy groups -OCH3 is 2. The van der Waals surface area contributed by atoms with Crippen molar-refractivity contribution in [2.24, 2.45) is 0 Å². The minimum Gasteiger partial charge on any atom is -0.497 e. The smallest absolute Gasteiger partial charge is 0.315 e. The number of urea groups is 1. The van der Waals surface area contributed by atoms with E-state index in [1.807, 2.05) is 36.4 Å². The van der Waals surface area contributed by atoms with Gasteiger partial charge in [0.2, 0.25) is 5.91 Å². The summed E-state index contributed by atoms with van der Waals surface area (Å²) >= 11 is 0. The summed E-state index contributed by atoms with van der Waals surface area (Å²) in [5, 5.41) is 5.87. The maximum Gasteiger partial charge on any atom is 0.315 e. The molecule has 188 valence electrons. The number of nitrogens with zero attached hydrogens (tertiary/aromatic N) is 3. The zero-order valence-corrected chi connectivity index (χ0v) is 20.5. The average Bonchev–Trinajstić information content (AvgIpc) is 3.26. The van der Waals surface area contributed by atoms with Gasteiger partial charge in [0.05, 0.1) is 20.3 Å². The minimum absolute atomic E-state index is 0.00247. The number of carbonyl (C=O) groups excluding carboxylic acids is 2. The van der Waals surface area contributed by atoms with Crippen molar-refractivity contribution in [1.29, 1.82) is 0 Å². The van der Waals surface area contributed by atoms with E-state index < -0.39 is 0 Å². The molecule has 2 fully saturated rings. The third-order valence-corrected chi connectivity index (χ3v) is 6.57. The van der Waals surface area contributed by atoms with Crippen LogP contribution in [-0.4, -0.2) is 82.9 Å². The Morgan fingerprint density at radius 1 is 0.971 bits per heavy atom. The van der Waals surface area contributed by atoms with E-state index in [4.69, 9.17) is 9.47 Å². The standard InChI is InChI=1S/C26H35N5O4/c1-34-23-9-7-21(8-10-23)30-15-13-29(14-16-30)12-4-11-27-26(33)28-20-17-25(32)31(19-20)22-5-3-6-24(18-22)35-2/h3,5-10,18,20H,4,11-17,19H2,1-2H3,(H2,27,28,33). The Bertz CT molecular complexity index is 991. The molecule has 4 rings (SSSR count). The quantitative estimate of drug-likeness (QED) is 0.535. The molecule has 9 nitrogen and oxygen atoms in total. The van der Waals surface area contributed by atoms with Crippen LogP contribution in [0.15, 0.2) is 48.5 Å². The van der Waals surface area contributed by atoms with Crippen LogP contribution in [0.5, 0.6) is 11.5 Å². The van der Waals surface area contributed by atoms with E-state index in [0.29, 0.717) is 25.3 Å². The molecule has 2 N–H and O–H groups in total. The fourth-order valence-corrected chi connectivity index (χ4v) is 4.60. The zero-order valence-electron chi connectivity index (χ0n) is 20.5. The van der Waals surface area contributed by atoms with Crippen molar-refractivity contribution in [2.45, 2.75) is 18.9 Å². The van der Waals surface area contributed by atoms with Crippen LogP contribution in [0.3, 0.4) is 0 Å². The lowest BCUT2D eigenvalue weighted by atomic mass is 10.2. The van der Waals surface area contributed by atoms with Gasteiger partial charge in [0.1, 0.15) is 11.5 Å². The predicted molar refractivity (Wildman–Crippen MR) is 137 cm³/mol. The number of hydrogen-bond donors (Lipinski definition) is 2. The molecule has 9 heteroatoms. The highest BCUT2D eigenvalue weighted by molar-refractivity contribution is 5.97. The zero-order chi connectivity index (χ0) is 24.6. The van der Waals surface area contributed by atoms with E-state index >= 15 is 0 Å². The fraction of sp³-hybridized carbons (Fsp3) is 0.462. The molecule has 2 aromatic carbocycles. The average molecular weight is 482 g/mol. The number of amides is 3. The van der Waals surface area contributed by atoms with Gasteiger partial charge in [-0.15, -0.1) is 0 Å². The molecule has 0 aromatic heterocycles. The summed E-state index contributed by atoms with van der Waals surface area (Å²) in [5.74, 6) is 1.57. The van der Waals surface area contributed by atoms with Crippen molar-refractivity contribution in [3.8, 4) is 11.5 Å². The Morgan fingerprint density at radius 3 is 2.43 bits per heavy atom. The highest BCUT2D eigenvalue weighted by atomic mass is 16.5. The van der Waals surface area contributed by atoms with E-state index in [2.05, 4.69) is 32.6 Å². The number of nitrogens with one attached hydrogen (secondary N) is 2. The molecule has 1 unspecified atom stereocenters. The number of benzene rings is 2. The summed E-state index contributed by atoms with van der Waals surface area (Å²) in [6.07, 6.45) is 1.18. The molecule has 0 radical (unpaired) electrons. The second kappa shape index (κ2) is 11.8. The lowest BCUT2D eigenvalue weighted by Crippen LogP contribution is -2.47. The first-order valence-corrected chi connectivity index (χ1v) is 12.2. The minimum atomic E-state index is -0.223. The van der Waals surface area contributed by atoms with E-state index in [9.17, 15) is 9.59 Å². The lowest BCUT2D eigenvalue weighted by molar-refractivity contribution is -0.117. The molecule has 2 saturated heterocycles. The number of piperazine rings is 1. The topological polar surface area (TPSA) is 86.4 Å². The highest BCUT2D eigenvalue weighted by Gasteiger charge is 2.31. The van der Waals surface area contributed by atoms with Crippen LogP contribution in [0.4, 0.5) is 16.2 Å². The van der Waals surface area contributed by atoms with Crippen LogP contribution in [0.25, 0.3) is 0 Å². The van der Waals surface area contributed by atoms with Crippen LogP contribution >= 0.6 is 0 Å². The number of hydrogen-bond acceptors (Lipinski definition) is 6. The van der Waals surface area contributed by atoms with Gasteiger partial charge in [0.15, 0.2) is 0 Å². The predicted octanol–water partition coefficient (Wildman–Crippen LogP) is 2.32. The normalized spacial score (nSPS) is 18.5. The molecular weight excluding hydrogens is 446 g/mol. The molecule has 0 aliphatic carbocycles. The Hall–Kier alpha value is -3.46. The number of carbonyl (C=O) groups is 2. The lowest BCUT2D eigenvalue weighted by Gasteiger charge is -2.36. The van der Waals surface area contributed by atoms with E-state index in [1.165, 1.54) is 5.69 Å². The third kappa shape index (κ3) is 6.57. The summed E-state index contributed by atoms with van der Waals surface area (Å²) in [5.41, 5.74) is 2.00. The Balaban J connectivity index is 1.12. The monoisotopic (exact) mass is 481 g/mol. The molecule has 2 aliphatic rings. The van der Waals surface area contributed by atoms with E-state index in [0.717, 1.165) is 50.6 Å². The number of rotatable bonds is 9. The molecule has 35 heavy (non-hydrogen) atoms. The van der Waals surface area contributed by atoms with Gasteiger partial charge >= 0.3 is 6.03 Å². The van der Waals surface area contributed by atoms with Gasteiger partial charge in [0.25, 0.3) is 0 Å². The summed E-state index contributed by atoms with van der Waals surface area (Å²) in [6.45, 7) is 5.98. The number of anilines is 2. The van der Waals surface area contributed by atoms with Crippen LogP contribution in [0.1, 0.15) is 12.8 Å². The fourth-order valence-electron chi connectivity index (χ4n) is 4.60. The van der Waals surface area contributed by atoms with Gasteiger partial charge in [-0.1, -0.05) is 6.07 Å². The van der Waals surface area contributed by atoms with E-state index in [-0.39, 0.29) is 18.0 Å². The summed E-state index contributed by atoms with van der Waals surface area (Å²) in [4.78, 5) is 31.3. The first-order valence-electron chi connectivity index (χ1n) is 12.2. The Kier molecular flexibility index (Phi) is 8.31. The molecule has 0 bridgehead atoms. The van der Waals surface area contributed by atoms with Gasteiger partial charge in [-0.05, 0) is 49.4 Å². The summed E-state index contributed by atoms with van der Waals surface area (Å²) < 4.78 is 10.5. The van der Waals surface area contributed by atoms with Crippen molar-refractivity contribution < 1.29 is 19.1 Å². The molecule has 3 amide bonds.